The van der Waals surface area contributed by atoms with Gasteiger partial charge in [-0.05, 0) is 24.3 Å². The highest BCUT2D eigenvalue weighted by Gasteiger charge is 2.15. The van der Waals surface area contributed by atoms with Crippen LogP contribution >= 0.6 is 11.6 Å². The van der Waals surface area contributed by atoms with Crippen LogP contribution in [0.15, 0.2) is 30.5 Å². The van der Waals surface area contributed by atoms with Crippen LogP contribution in [0.1, 0.15) is 20.8 Å². The summed E-state index contributed by atoms with van der Waals surface area (Å²) in [6.07, 6.45) is 1.53. The minimum atomic E-state index is -1.21. The number of hydrogen-bond acceptors (Lipinski definition) is 2. The van der Waals surface area contributed by atoms with E-state index in [-0.39, 0.29) is 16.9 Å². The van der Waals surface area contributed by atoms with E-state index in [1.54, 1.807) is 7.05 Å². The fraction of sp³-hybridized carbons (Fsp3) is 0.0769. The van der Waals surface area contributed by atoms with Crippen molar-refractivity contribution in [3.8, 4) is 0 Å². The van der Waals surface area contributed by atoms with Crippen molar-refractivity contribution in [2.75, 3.05) is 5.32 Å². The minimum absolute atomic E-state index is 0.119. The van der Waals surface area contributed by atoms with E-state index >= 15 is 0 Å². The Morgan fingerprint density at radius 3 is 2.60 bits per heavy atom. The second-order valence-electron chi connectivity index (χ2n) is 4.11. The number of aromatic nitrogens is 1. The molecule has 7 heteroatoms. The van der Waals surface area contributed by atoms with Crippen molar-refractivity contribution in [3.05, 3.63) is 52.6 Å². The number of halogens is 2. The van der Waals surface area contributed by atoms with Crippen LogP contribution in [0.25, 0.3) is 0 Å². The van der Waals surface area contributed by atoms with Gasteiger partial charge in [0.25, 0.3) is 5.91 Å². The van der Waals surface area contributed by atoms with Gasteiger partial charge in [-0.2, -0.15) is 0 Å². The molecule has 0 aliphatic carbocycles. The van der Waals surface area contributed by atoms with E-state index in [1.165, 1.54) is 16.8 Å². The normalized spacial score (nSPS) is 10.3. The molecule has 20 heavy (non-hydrogen) atoms. The smallest absolute Gasteiger partial charge is 0.335 e. The SMILES string of the molecule is Cn1cc(Cl)cc1C(=O)Nc1cc(C(=O)O)ccc1F. The van der Waals surface area contributed by atoms with Crippen LogP contribution in [0.2, 0.25) is 5.02 Å². The average Bonchev–Trinajstić information content (AvgIpc) is 2.71. The zero-order valence-electron chi connectivity index (χ0n) is 10.4. The van der Waals surface area contributed by atoms with E-state index in [4.69, 9.17) is 16.7 Å². The van der Waals surface area contributed by atoms with E-state index in [0.717, 1.165) is 18.2 Å². The van der Waals surface area contributed by atoms with Crippen molar-refractivity contribution in [1.82, 2.24) is 4.57 Å². The van der Waals surface area contributed by atoms with Crippen LogP contribution in [0.5, 0.6) is 0 Å². The Hall–Kier alpha value is -2.34. The molecule has 0 fully saturated rings. The summed E-state index contributed by atoms with van der Waals surface area (Å²) in [6.45, 7) is 0. The van der Waals surface area contributed by atoms with Gasteiger partial charge in [0.2, 0.25) is 0 Å². The minimum Gasteiger partial charge on any atom is -0.478 e. The Bertz CT molecular complexity index is 697. The molecule has 104 valence electrons. The highest BCUT2D eigenvalue weighted by Crippen LogP contribution is 2.19. The number of hydrogen-bond donors (Lipinski definition) is 2. The van der Waals surface area contributed by atoms with Crippen LogP contribution < -0.4 is 5.32 Å². The molecule has 0 saturated heterocycles. The molecule has 0 spiro atoms. The summed E-state index contributed by atoms with van der Waals surface area (Å²) < 4.78 is 15.1. The number of aromatic carboxylic acids is 1. The number of carboxylic acid groups (broad SMARTS) is 1. The molecule has 0 unspecified atom stereocenters. The summed E-state index contributed by atoms with van der Waals surface area (Å²) in [4.78, 5) is 22.8. The van der Waals surface area contributed by atoms with Crippen molar-refractivity contribution >= 4 is 29.2 Å². The van der Waals surface area contributed by atoms with Gasteiger partial charge in [0.15, 0.2) is 0 Å². The van der Waals surface area contributed by atoms with Crippen LogP contribution in [0.4, 0.5) is 10.1 Å². The molecule has 5 nitrogen and oxygen atoms in total. The Kier molecular flexibility index (Phi) is 3.76. The van der Waals surface area contributed by atoms with E-state index in [9.17, 15) is 14.0 Å². The molecular formula is C13H10ClFN2O3. The fourth-order valence-electron chi connectivity index (χ4n) is 1.69. The lowest BCUT2D eigenvalue weighted by Crippen LogP contribution is -2.16. The van der Waals surface area contributed by atoms with Crippen LogP contribution in [0, 0.1) is 5.82 Å². The Morgan fingerprint density at radius 2 is 2.05 bits per heavy atom. The summed E-state index contributed by atoms with van der Waals surface area (Å²) >= 11 is 5.76. The molecule has 1 aromatic heterocycles. The molecule has 0 radical (unpaired) electrons. The highest BCUT2D eigenvalue weighted by molar-refractivity contribution is 6.31. The van der Waals surface area contributed by atoms with Crippen molar-refractivity contribution in [2.45, 2.75) is 0 Å². The van der Waals surface area contributed by atoms with Crippen molar-refractivity contribution in [3.63, 3.8) is 0 Å². The maximum absolute atomic E-state index is 13.6. The molecular weight excluding hydrogens is 287 g/mol. The summed E-state index contributed by atoms with van der Waals surface area (Å²) in [5.41, 5.74) is -0.0889. The van der Waals surface area contributed by atoms with Gasteiger partial charge in [0, 0.05) is 13.2 Å². The molecule has 1 heterocycles. The lowest BCUT2D eigenvalue weighted by atomic mass is 10.2. The van der Waals surface area contributed by atoms with Gasteiger partial charge < -0.3 is 15.0 Å². The quantitative estimate of drug-likeness (QED) is 0.915. The van der Waals surface area contributed by atoms with Gasteiger partial charge in [-0.25, -0.2) is 9.18 Å². The lowest BCUT2D eigenvalue weighted by molar-refractivity contribution is 0.0696. The predicted molar refractivity (Wildman–Crippen MR) is 71.7 cm³/mol. The van der Waals surface area contributed by atoms with Crippen LogP contribution in [-0.4, -0.2) is 21.6 Å². The molecule has 0 atom stereocenters. The monoisotopic (exact) mass is 296 g/mol. The molecule has 2 aromatic rings. The van der Waals surface area contributed by atoms with Crippen LogP contribution in [-0.2, 0) is 7.05 Å². The molecule has 0 aliphatic heterocycles. The van der Waals surface area contributed by atoms with Crippen molar-refractivity contribution in [2.24, 2.45) is 7.05 Å². The third-order valence-electron chi connectivity index (χ3n) is 2.67. The maximum Gasteiger partial charge on any atom is 0.335 e. The fourth-order valence-corrected chi connectivity index (χ4v) is 1.94. The second kappa shape index (κ2) is 5.34. The van der Waals surface area contributed by atoms with E-state index in [1.807, 2.05) is 0 Å². The first-order chi connectivity index (χ1) is 9.38. The lowest BCUT2D eigenvalue weighted by Gasteiger charge is -2.08. The summed E-state index contributed by atoms with van der Waals surface area (Å²) in [7, 11) is 1.62. The van der Waals surface area contributed by atoms with Gasteiger partial charge in [0.1, 0.15) is 11.5 Å². The molecule has 0 saturated carbocycles. The number of carbonyl (C=O) groups excluding carboxylic acids is 1. The number of amides is 1. The zero-order valence-corrected chi connectivity index (χ0v) is 11.1. The summed E-state index contributed by atoms with van der Waals surface area (Å²) in [5.74, 6) is -2.51. The topological polar surface area (TPSA) is 71.3 Å². The second-order valence-corrected chi connectivity index (χ2v) is 4.54. The Morgan fingerprint density at radius 1 is 1.35 bits per heavy atom. The number of carbonyl (C=O) groups is 2. The third kappa shape index (κ3) is 2.80. The van der Waals surface area contributed by atoms with Crippen molar-refractivity contribution < 1.29 is 19.1 Å². The van der Waals surface area contributed by atoms with Gasteiger partial charge in [-0.3, -0.25) is 4.79 Å². The molecule has 0 aliphatic rings. The number of nitrogens with one attached hydrogen (secondary N) is 1. The van der Waals surface area contributed by atoms with E-state index < -0.39 is 17.7 Å². The number of anilines is 1. The molecule has 0 bridgehead atoms. The highest BCUT2D eigenvalue weighted by atomic mass is 35.5. The number of rotatable bonds is 3. The summed E-state index contributed by atoms with van der Waals surface area (Å²) in [5, 5.41) is 11.5. The molecule has 2 rings (SSSR count). The largest absolute Gasteiger partial charge is 0.478 e. The third-order valence-corrected chi connectivity index (χ3v) is 2.87. The van der Waals surface area contributed by atoms with E-state index in [2.05, 4.69) is 5.32 Å². The molecule has 1 amide bonds. The van der Waals surface area contributed by atoms with Crippen molar-refractivity contribution in [1.29, 1.82) is 0 Å². The average molecular weight is 297 g/mol. The Labute approximate surface area is 118 Å². The van der Waals surface area contributed by atoms with Gasteiger partial charge in [0.05, 0.1) is 16.3 Å². The first-order valence-electron chi connectivity index (χ1n) is 5.54. The molecule has 1 aromatic carbocycles. The first kappa shape index (κ1) is 14.1. The molecule has 2 N–H and O–H groups in total. The number of carboxylic acids is 1. The van der Waals surface area contributed by atoms with Gasteiger partial charge >= 0.3 is 5.97 Å². The summed E-state index contributed by atoms with van der Waals surface area (Å²) in [6, 6.07) is 4.58. The number of benzene rings is 1. The first-order valence-corrected chi connectivity index (χ1v) is 5.92. The maximum atomic E-state index is 13.6. The van der Waals surface area contributed by atoms with Gasteiger partial charge in [-0.1, -0.05) is 11.6 Å². The number of aryl methyl sites for hydroxylation is 1. The Balaban J connectivity index is 2.30. The zero-order chi connectivity index (χ0) is 14.9. The van der Waals surface area contributed by atoms with Gasteiger partial charge in [-0.15, -0.1) is 0 Å². The predicted octanol–water partition coefficient (Wildman–Crippen LogP) is 2.77. The standard InChI is InChI=1S/C13H10ClFN2O3/c1-17-6-8(14)5-11(17)12(18)16-10-4-7(13(19)20)2-3-9(10)15/h2-6H,1H3,(H,16,18)(H,19,20). The number of nitrogens with zero attached hydrogens (tertiary/aromatic N) is 1. The van der Waals surface area contributed by atoms with E-state index in [0.29, 0.717) is 5.02 Å². The van der Waals surface area contributed by atoms with Crippen LogP contribution in [0.3, 0.4) is 0 Å².